The molecule has 1 N–H and O–H groups in total. The maximum absolute atomic E-state index is 13.1. The predicted octanol–water partition coefficient (Wildman–Crippen LogP) is 3.22. The van der Waals surface area contributed by atoms with Crippen LogP contribution in [-0.2, 0) is 16.1 Å². The molecule has 2 aromatic carbocycles. The number of non-ortho nitro benzene ring substituents is 1. The van der Waals surface area contributed by atoms with E-state index in [-0.39, 0.29) is 34.8 Å². The van der Waals surface area contributed by atoms with E-state index < -0.39 is 4.92 Å². The number of ether oxygens (including phenoxy) is 2. The van der Waals surface area contributed by atoms with E-state index in [1.165, 1.54) is 25.3 Å². The monoisotopic (exact) mass is 470 g/mol. The van der Waals surface area contributed by atoms with Crippen LogP contribution in [0.2, 0.25) is 0 Å². The largest absolute Gasteiger partial charge is 0.494 e. The summed E-state index contributed by atoms with van der Waals surface area (Å²) in [7, 11) is 1.37. The molecule has 1 fully saturated rings. The summed E-state index contributed by atoms with van der Waals surface area (Å²) in [6.45, 7) is 1.04. The Morgan fingerprint density at radius 1 is 1.36 bits per heavy atom. The maximum Gasteiger partial charge on any atom is 0.273 e. The average Bonchev–Trinajstić information content (AvgIpc) is 3.33. The second-order valence-corrected chi connectivity index (χ2v) is 8.38. The molecule has 0 spiro atoms. The van der Waals surface area contributed by atoms with Crippen LogP contribution in [0.15, 0.2) is 52.4 Å². The third kappa shape index (κ3) is 5.15. The highest BCUT2D eigenvalue weighted by atomic mass is 32.2. The number of rotatable bonds is 8. The number of nitrogens with zero attached hydrogens (tertiary/aromatic N) is 3. The van der Waals surface area contributed by atoms with E-state index >= 15 is 0 Å². The topological polar surface area (TPSA) is 126 Å². The number of nitro benzene ring substituents is 1. The summed E-state index contributed by atoms with van der Waals surface area (Å²) in [5.41, 5.74) is 0.566. The number of hydrogen-bond donors (Lipinski definition) is 1. The first-order chi connectivity index (χ1) is 16.0. The summed E-state index contributed by atoms with van der Waals surface area (Å²) >= 11 is 1.14. The Morgan fingerprint density at radius 2 is 2.18 bits per heavy atom. The molecule has 1 aliphatic rings. The summed E-state index contributed by atoms with van der Waals surface area (Å²) < 4.78 is 12.4. The second kappa shape index (κ2) is 10.0. The lowest BCUT2D eigenvalue weighted by molar-refractivity contribution is -0.384. The molecule has 172 valence electrons. The quantitative estimate of drug-likeness (QED) is 0.230. The molecule has 1 saturated heterocycles. The lowest BCUT2D eigenvalue weighted by Crippen LogP contribution is -2.29. The van der Waals surface area contributed by atoms with Crippen LogP contribution >= 0.6 is 11.8 Å². The Balaban J connectivity index is 1.54. The van der Waals surface area contributed by atoms with Gasteiger partial charge in [0.25, 0.3) is 11.2 Å². The van der Waals surface area contributed by atoms with Gasteiger partial charge in [-0.1, -0.05) is 23.9 Å². The molecule has 3 aromatic rings. The molecule has 1 aliphatic heterocycles. The Hall–Kier alpha value is -3.44. The molecule has 0 aliphatic carbocycles. The molecule has 1 aromatic heterocycles. The first-order valence-corrected chi connectivity index (χ1v) is 11.3. The van der Waals surface area contributed by atoms with E-state index in [1.54, 1.807) is 28.8 Å². The van der Waals surface area contributed by atoms with Crippen molar-refractivity contribution in [3.63, 3.8) is 0 Å². The molecule has 0 bridgehead atoms. The first kappa shape index (κ1) is 22.7. The van der Waals surface area contributed by atoms with Gasteiger partial charge in [0.2, 0.25) is 5.91 Å². The van der Waals surface area contributed by atoms with E-state index in [1.807, 2.05) is 0 Å². The Morgan fingerprint density at radius 3 is 2.91 bits per heavy atom. The number of nitro groups is 1. The normalized spacial score (nSPS) is 15.5. The maximum atomic E-state index is 13.1. The van der Waals surface area contributed by atoms with E-state index in [9.17, 15) is 19.7 Å². The van der Waals surface area contributed by atoms with E-state index in [2.05, 4.69) is 10.3 Å². The van der Waals surface area contributed by atoms with Gasteiger partial charge in [0.15, 0.2) is 5.16 Å². The van der Waals surface area contributed by atoms with Gasteiger partial charge in [-0.2, -0.15) is 0 Å². The second-order valence-electron chi connectivity index (χ2n) is 7.44. The highest BCUT2D eigenvalue weighted by Crippen LogP contribution is 2.29. The van der Waals surface area contributed by atoms with Crippen LogP contribution in [0.3, 0.4) is 0 Å². The molecule has 2 heterocycles. The standard InChI is InChI=1S/C22H22N4O6S/c1-31-19-11-14(26(29)30)8-9-18(19)23-20(27)13-33-22-24-17-7-3-2-6-16(17)21(28)25(22)12-15-5-4-10-32-15/h2-3,6-9,11,15H,4-5,10,12-13H2,1H3,(H,23,27). The van der Waals surface area contributed by atoms with Crippen LogP contribution in [0.4, 0.5) is 11.4 Å². The van der Waals surface area contributed by atoms with Gasteiger partial charge in [-0.3, -0.25) is 24.3 Å². The molecule has 4 rings (SSSR count). The first-order valence-electron chi connectivity index (χ1n) is 10.3. The van der Waals surface area contributed by atoms with Crippen molar-refractivity contribution < 1.29 is 19.2 Å². The van der Waals surface area contributed by atoms with Crippen LogP contribution in [-0.4, -0.2) is 46.0 Å². The van der Waals surface area contributed by atoms with Crippen LogP contribution in [0.1, 0.15) is 12.8 Å². The highest BCUT2D eigenvalue weighted by molar-refractivity contribution is 7.99. The lowest BCUT2D eigenvalue weighted by Gasteiger charge is -2.16. The van der Waals surface area contributed by atoms with Crippen molar-refractivity contribution in [2.45, 2.75) is 30.6 Å². The fraction of sp³-hybridized carbons (Fsp3) is 0.318. The van der Waals surface area contributed by atoms with Crippen LogP contribution in [0.25, 0.3) is 10.9 Å². The van der Waals surface area contributed by atoms with Crippen molar-refractivity contribution in [1.29, 1.82) is 0 Å². The van der Waals surface area contributed by atoms with Crippen molar-refractivity contribution in [3.05, 3.63) is 62.9 Å². The Bertz CT molecular complexity index is 1260. The van der Waals surface area contributed by atoms with Gasteiger partial charge in [0.1, 0.15) is 5.75 Å². The molecular formula is C22H22N4O6S. The summed E-state index contributed by atoms with van der Waals surface area (Å²) in [6, 6.07) is 11.0. The molecule has 1 amide bonds. The fourth-order valence-electron chi connectivity index (χ4n) is 3.62. The minimum atomic E-state index is -0.539. The molecule has 11 heteroatoms. The van der Waals surface area contributed by atoms with Gasteiger partial charge in [-0.25, -0.2) is 4.98 Å². The molecule has 0 radical (unpaired) electrons. The van der Waals surface area contributed by atoms with E-state index in [4.69, 9.17) is 9.47 Å². The third-order valence-electron chi connectivity index (χ3n) is 5.24. The van der Waals surface area contributed by atoms with E-state index in [0.29, 0.717) is 34.9 Å². The number of benzene rings is 2. The molecule has 0 saturated carbocycles. The molecule has 33 heavy (non-hydrogen) atoms. The van der Waals surface area contributed by atoms with Gasteiger partial charge in [0, 0.05) is 12.7 Å². The van der Waals surface area contributed by atoms with Gasteiger partial charge < -0.3 is 14.8 Å². The van der Waals surface area contributed by atoms with Gasteiger partial charge in [0.05, 0.1) is 53.1 Å². The lowest BCUT2D eigenvalue weighted by atomic mass is 10.2. The average molecular weight is 471 g/mol. The SMILES string of the molecule is COc1cc([N+](=O)[O-])ccc1NC(=O)CSc1nc2ccccc2c(=O)n1CC1CCCO1. The van der Waals surface area contributed by atoms with Crippen molar-refractivity contribution in [2.24, 2.45) is 0 Å². The van der Waals surface area contributed by atoms with Crippen molar-refractivity contribution in [1.82, 2.24) is 9.55 Å². The van der Waals surface area contributed by atoms with Gasteiger partial charge in [-0.15, -0.1) is 0 Å². The predicted molar refractivity (Wildman–Crippen MR) is 124 cm³/mol. The summed E-state index contributed by atoms with van der Waals surface area (Å²) in [6.07, 6.45) is 1.75. The number of carbonyl (C=O) groups excluding carboxylic acids is 1. The molecule has 1 atom stereocenters. The number of anilines is 1. The zero-order valence-corrected chi connectivity index (χ0v) is 18.7. The Kier molecular flexibility index (Phi) is 6.90. The number of thioether (sulfide) groups is 1. The van der Waals surface area contributed by atoms with Crippen LogP contribution < -0.4 is 15.6 Å². The zero-order chi connectivity index (χ0) is 23.4. The van der Waals surface area contributed by atoms with Crippen LogP contribution in [0, 0.1) is 10.1 Å². The number of amides is 1. The number of hydrogen-bond acceptors (Lipinski definition) is 8. The summed E-state index contributed by atoms with van der Waals surface area (Å²) in [5, 5.41) is 14.6. The number of para-hydroxylation sites is 1. The molecule has 1 unspecified atom stereocenters. The Labute approximate surface area is 193 Å². The third-order valence-corrected chi connectivity index (χ3v) is 6.22. The molecule has 10 nitrogen and oxygen atoms in total. The van der Waals surface area contributed by atoms with E-state index in [0.717, 1.165) is 24.6 Å². The van der Waals surface area contributed by atoms with Gasteiger partial charge >= 0.3 is 0 Å². The fourth-order valence-corrected chi connectivity index (χ4v) is 4.43. The smallest absolute Gasteiger partial charge is 0.273 e. The number of methoxy groups -OCH3 is 1. The van der Waals surface area contributed by atoms with Crippen molar-refractivity contribution >= 4 is 39.9 Å². The minimum absolute atomic E-state index is 0.0174. The van der Waals surface area contributed by atoms with Crippen molar-refractivity contribution in [3.8, 4) is 5.75 Å². The number of fused-ring (bicyclic) bond motifs is 1. The van der Waals surface area contributed by atoms with Crippen molar-refractivity contribution in [2.75, 3.05) is 24.8 Å². The number of aromatic nitrogens is 2. The summed E-state index contributed by atoms with van der Waals surface area (Å²) in [5.74, 6) is -0.198. The number of nitrogens with one attached hydrogen (secondary N) is 1. The minimum Gasteiger partial charge on any atom is -0.494 e. The molecular weight excluding hydrogens is 448 g/mol. The highest BCUT2D eigenvalue weighted by Gasteiger charge is 2.21. The van der Waals surface area contributed by atoms with Gasteiger partial charge in [-0.05, 0) is 31.0 Å². The van der Waals surface area contributed by atoms with Crippen LogP contribution in [0.5, 0.6) is 5.75 Å². The number of carbonyl (C=O) groups is 1. The zero-order valence-electron chi connectivity index (χ0n) is 17.9. The summed E-state index contributed by atoms with van der Waals surface area (Å²) in [4.78, 5) is 40.8.